The van der Waals surface area contributed by atoms with E-state index in [0.717, 1.165) is 18.0 Å². The highest BCUT2D eigenvalue weighted by molar-refractivity contribution is 5.78. The summed E-state index contributed by atoms with van der Waals surface area (Å²) in [6.45, 7) is 2.73. The molecule has 1 spiro atoms. The highest BCUT2D eigenvalue weighted by Gasteiger charge is 2.51. The second-order valence-corrected chi connectivity index (χ2v) is 10.8. The normalized spacial score (nSPS) is 23.5. The topological polar surface area (TPSA) is 55.7 Å². The Balaban J connectivity index is 1.37. The zero-order chi connectivity index (χ0) is 27.0. The van der Waals surface area contributed by atoms with Crippen molar-refractivity contribution in [2.75, 3.05) is 50.8 Å². The summed E-state index contributed by atoms with van der Waals surface area (Å²) in [4.78, 5) is 19.2. The second-order valence-electron chi connectivity index (χ2n) is 10.8. The van der Waals surface area contributed by atoms with Gasteiger partial charge in [0.15, 0.2) is 5.58 Å². The van der Waals surface area contributed by atoms with Crippen molar-refractivity contribution in [3.05, 3.63) is 63.1 Å². The molecule has 1 unspecified atom stereocenters. The molecule has 0 amide bonds. The van der Waals surface area contributed by atoms with Gasteiger partial charge in [0.2, 0.25) is 0 Å². The first-order chi connectivity index (χ1) is 18.0. The van der Waals surface area contributed by atoms with Crippen LogP contribution < -0.4 is 10.7 Å². The van der Waals surface area contributed by atoms with Crippen LogP contribution in [0.1, 0.15) is 29.7 Å². The summed E-state index contributed by atoms with van der Waals surface area (Å²) < 4.78 is 90.1. The van der Waals surface area contributed by atoms with E-state index in [-0.39, 0.29) is 23.0 Å². The lowest BCUT2D eigenvalue weighted by Gasteiger charge is -2.61. The van der Waals surface area contributed by atoms with Gasteiger partial charge in [0.25, 0.3) is 0 Å². The molecule has 3 aliphatic heterocycles. The molecule has 0 saturated carbocycles. The smallest absolute Gasteiger partial charge is 0.408 e. The number of aromatic nitrogens is 1. The van der Waals surface area contributed by atoms with E-state index in [1.54, 1.807) is 6.92 Å². The lowest BCUT2D eigenvalue weighted by atomic mass is 9.72. The molecule has 4 heterocycles. The van der Waals surface area contributed by atoms with Crippen LogP contribution in [0.5, 0.6) is 0 Å². The molecule has 0 bridgehead atoms. The molecule has 2 saturated heterocycles. The van der Waals surface area contributed by atoms with Crippen molar-refractivity contribution in [1.29, 1.82) is 0 Å². The van der Waals surface area contributed by atoms with Crippen molar-refractivity contribution in [2.24, 2.45) is 5.41 Å². The number of likely N-dealkylation sites (tertiary alicyclic amines) is 1. The van der Waals surface area contributed by atoms with E-state index in [0.29, 0.717) is 36.4 Å². The van der Waals surface area contributed by atoms with E-state index < -0.39 is 54.4 Å². The number of hydrogen-bond donors (Lipinski definition) is 1. The molecule has 38 heavy (non-hydrogen) atoms. The minimum absolute atomic E-state index is 0.0199. The van der Waals surface area contributed by atoms with Crippen molar-refractivity contribution in [3.8, 4) is 0 Å². The number of H-pyrrole nitrogens is 1. The van der Waals surface area contributed by atoms with Crippen molar-refractivity contribution in [3.63, 3.8) is 0 Å². The largest absolute Gasteiger partial charge is 0.417 e. The van der Waals surface area contributed by atoms with Gasteiger partial charge in [0.1, 0.15) is 18.3 Å². The van der Waals surface area contributed by atoms with E-state index in [4.69, 9.17) is 4.42 Å². The number of fused-ring (bicyclic) bond motifs is 3. The van der Waals surface area contributed by atoms with E-state index in [2.05, 4.69) is 4.98 Å². The third-order valence-electron chi connectivity index (χ3n) is 8.06. The molecule has 2 aromatic carbocycles. The minimum atomic E-state index is -4.60. The number of halogens is 6. The maximum Gasteiger partial charge on any atom is 0.417 e. The molecule has 0 aliphatic carbocycles. The summed E-state index contributed by atoms with van der Waals surface area (Å²) in [6, 6.07) is 3.18. The highest BCUT2D eigenvalue weighted by atomic mass is 19.4. The number of nitrogens with zero attached hydrogens (tertiary/aromatic N) is 3. The van der Waals surface area contributed by atoms with Gasteiger partial charge in [-0.2, -0.15) is 13.2 Å². The molecule has 6 rings (SSSR count). The first-order valence-corrected chi connectivity index (χ1v) is 12.5. The molecular weight excluding hydrogens is 514 g/mol. The van der Waals surface area contributed by atoms with Crippen molar-refractivity contribution >= 4 is 16.8 Å². The first kappa shape index (κ1) is 25.3. The van der Waals surface area contributed by atoms with Gasteiger partial charge in [-0.3, -0.25) is 14.8 Å². The lowest BCUT2D eigenvalue weighted by Crippen LogP contribution is -2.72. The molecule has 6 nitrogen and oxygen atoms in total. The van der Waals surface area contributed by atoms with Gasteiger partial charge >= 0.3 is 11.9 Å². The number of hydrogen-bond acceptors (Lipinski definition) is 5. The van der Waals surface area contributed by atoms with Gasteiger partial charge < -0.3 is 9.32 Å². The van der Waals surface area contributed by atoms with Gasteiger partial charge in [0, 0.05) is 61.0 Å². The minimum Gasteiger partial charge on any atom is -0.408 e. The number of oxazole rings is 1. The van der Waals surface area contributed by atoms with E-state index >= 15 is 8.78 Å². The SMILES string of the molecule is C[C@@H]1Cc2c(ccc3[nH]c(=O)oc23)C(c2c(F)cc(N3CC4(CN(CCF)C4)C3)cc2F)N1CC(F)(F)F. The Morgan fingerprint density at radius 1 is 1.11 bits per heavy atom. The Bertz CT molecular complexity index is 1410. The van der Waals surface area contributed by atoms with E-state index in [1.807, 2.05) is 9.80 Å². The van der Waals surface area contributed by atoms with Crippen LogP contribution in [0, 0.1) is 17.0 Å². The number of alkyl halides is 4. The molecule has 204 valence electrons. The predicted molar refractivity (Wildman–Crippen MR) is 128 cm³/mol. The molecule has 2 atom stereocenters. The Kier molecular flexibility index (Phi) is 5.84. The highest BCUT2D eigenvalue weighted by Crippen LogP contribution is 2.46. The number of anilines is 1. The molecule has 1 N–H and O–H groups in total. The maximum atomic E-state index is 15.7. The molecule has 0 radical (unpaired) electrons. The number of nitrogens with one attached hydrogen (secondary N) is 1. The van der Waals surface area contributed by atoms with Gasteiger partial charge in [-0.15, -0.1) is 0 Å². The Morgan fingerprint density at radius 3 is 2.42 bits per heavy atom. The summed E-state index contributed by atoms with van der Waals surface area (Å²) >= 11 is 0. The second kappa shape index (κ2) is 8.77. The Hall–Kier alpha value is -2.99. The van der Waals surface area contributed by atoms with Crippen molar-refractivity contribution in [2.45, 2.75) is 31.6 Å². The predicted octanol–water partition coefficient (Wildman–Crippen LogP) is 4.39. The number of rotatable bonds is 5. The van der Waals surface area contributed by atoms with Crippen LogP contribution in [0.25, 0.3) is 11.1 Å². The average molecular weight is 541 g/mol. The number of aromatic amines is 1. The third kappa shape index (κ3) is 4.17. The number of benzene rings is 2. The van der Waals surface area contributed by atoms with Crippen LogP contribution in [0.4, 0.5) is 32.0 Å². The fourth-order valence-electron chi connectivity index (χ4n) is 6.51. The molecule has 1 aromatic heterocycles. The molecule has 3 aromatic rings. The fourth-order valence-corrected chi connectivity index (χ4v) is 6.51. The fraction of sp³-hybridized carbons (Fsp3) is 0.500. The van der Waals surface area contributed by atoms with Gasteiger partial charge in [0.05, 0.1) is 18.1 Å². The van der Waals surface area contributed by atoms with Crippen molar-refractivity contribution in [1.82, 2.24) is 14.8 Å². The summed E-state index contributed by atoms with van der Waals surface area (Å²) in [6.07, 6.45) is -4.50. The third-order valence-corrected chi connectivity index (χ3v) is 8.06. The van der Waals surface area contributed by atoms with Crippen LogP contribution >= 0.6 is 0 Å². The van der Waals surface area contributed by atoms with Crippen LogP contribution in [-0.2, 0) is 6.42 Å². The van der Waals surface area contributed by atoms with Crippen LogP contribution in [0.3, 0.4) is 0 Å². The van der Waals surface area contributed by atoms with Crippen LogP contribution in [-0.4, -0.2) is 72.9 Å². The summed E-state index contributed by atoms with van der Waals surface area (Å²) in [5.41, 5.74) is 1.08. The molecular formula is C26H26F6N4O2. The van der Waals surface area contributed by atoms with Crippen LogP contribution in [0.15, 0.2) is 33.5 Å². The average Bonchev–Trinajstić information content (AvgIpc) is 3.15. The molecule has 12 heteroatoms. The van der Waals surface area contributed by atoms with Gasteiger partial charge in [-0.25, -0.2) is 18.0 Å². The Labute approximate surface area is 213 Å². The Morgan fingerprint density at radius 2 is 1.79 bits per heavy atom. The van der Waals surface area contributed by atoms with E-state index in [9.17, 15) is 22.4 Å². The zero-order valence-corrected chi connectivity index (χ0v) is 20.5. The quantitative estimate of drug-likeness (QED) is 0.487. The van der Waals surface area contributed by atoms with Crippen molar-refractivity contribution < 1.29 is 30.8 Å². The lowest BCUT2D eigenvalue weighted by molar-refractivity contribution is -0.155. The monoisotopic (exact) mass is 540 g/mol. The first-order valence-electron chi connectivity index (χ1n) is 12.5. The summed E-state index contributed by atoms with van der Waals surface area (Å²) in [7, 11) is 0. The summed E-state index contributed by atoms with van der Waals surface area (Å²) in [5, 5.41) is 0. The standard InChI is InChI=1S/C26H26F6N4O2/c1-14-6-17-16(2-3-20-23(17)38-24(37)33-20)22(36(14)13-26(30,31)32)21-18(28)7-15(8-19(21)29)35-11-25(12-35)9-34(10-25)5-4-27/h2-3,7-8,14,22H,4-6,9-13H2,1H3,(H,33,37)/t14-,22?/m1/s1. The van der Waals surface area contributed by atoms with Gasteiger partial charge in [-0.05, 0) is 37.1 Å². The maximum absolute atomic E-state index is 15.7. The van der Waals surface area contributed by atoms with Crippen LogP contribution in [0.2, 0.25) is 0 Å². The summed E-state index contributed by atoms with van der Waals surface area (Å²) in [5.74, 6) is -2.61. The van der Waals surface area contributed by atoms with Gasteiger partial charge in [-0.1, -0.05) is 6.07 Å². The molecule has 3 aliphatic rings. The molecule has 2 fully saturated rings. The zero-order valence-electron chi connectivity index (χ0n) is 20.5. The van der Waals surface area contributed by atoms with E-state index in [1.165, 1.54) is 24.3 Å².